The molecule has 0 bridgehead atoms. The van der Waals surface area contributed by atoms with Gasteiger partial charge in [0.25, 0.3) is 10.0 Å². The van der Waals surface area contributed by atoms with Crippen LogP contribution in [0.4, 0.5) is 0 Å². The van der Waals surface area contributed by atoms with Crippen LogP contribution in [0, 0.1) is 5.92 Å². The summed E-state index contributed by atoms with van der Waals surface area (Å²) in [6, 6.07) is 4.86. The summed E-state index contributed by atoms with van der Waals surface area (Å²) >= 11 is 0. The molecule has 11 heteroatoms. The number of amidine groups is 1. The number of ketones is 1. The van der Waals surface area contributed by atoms with Gasteiger partial charge in [-0.1, -0.05) is 63.2 Å². The minimum atomic E-state index is -3.73. The Hall–Kier alpha value is -3.08. The fraction of sp³-hybridized carbons (Fsp3) is 0.560. The predicted octanol–water partition coefficient (Wildman–Crippen LogP) is 3.18. The summed E-state index contributed by atoms with van der Waals surface area (Å²) in [5.74, 6) is 0.0861. The zero-order valence-electron chi connectivity index (χ0n) is 20.7. The van der Waals surface area contributed by atoms with Gasteiger partial charge in [-0.3, -0.25) is 19.3 Å². The van der Waals surface area contributed by atoms with Gasteiger partial charge in [-0.2, -0.15) is 4.98 Å². The molecule has 1 aliphatic carbocycles. The maximum atomic E-state index is 13.4. The Bertz CT molecular complexity index is 1230. The molecule has 194 valence electrons. The third kappa shape index (κ3) is 5.83. The van der Waals surface area contributed by atoms with E-state index in [0.29, 0.717) is 36.6 Å². The van der Waals surface area contributed by atoms with Crippen molar-refractivity contribution in [2.24, 2.45) is 10.9 Å². The molecular weight excluding hydrogens is 482 g/mol. The average molecular weight is 516 g/mol. The Kier molecular flexibility index (Phi) is 8.17. The second kappa shape index (κ2) is 11.3. The van der Waals surface area contributed by atoms with Crippen LogP contribution in [0.5, 0.6) is 0 Å². The Balaban J connectivity index is 1.56. The predicted molar refractivity (Wildman–Crippen MR) is 133 cm³/mol. The number of Topliss-reactive ketones (excluding diaryl/α,β-unsaturated/α-hetero) is 1. The van der Waals surface area contributed by atoms with Crippen LogP contribution in [0.1, 0.15) is 87.3 Å². The topological polar surface area (TPSA) is 144 Å². The Labute approximate surface area is 211 Å². The van der Waals surface area contributed by atoms with Crippen molar-refractivity contribution < 1.29 is 22.5 Å². The molecular formula is C25H33N5O5S. The van der Waals surface area contributed by atoms with E-state index >= 15 is 0 Å². The van der Waals surface area contributed by atoms with E-state index < -0.39 is 33.8 Å². The summed E-state index contributed by atoms with van der Waals surface area (Å²) in [6.45, 7) is 3.63. The number of rotatable bonds is 10. The quantitative estimate of drug-likeness (QED) is 0.463. The van der Waals surface area contributed by atoms with Gasteiger partial charge >= 0.3 is 0 Å². The highest BCUT2D eigenvalue weighted by Crippen LogP contribution is 2.29. The lowest BCUT2D eigenvalue weighted by Gasteiger charge is -2.24. The highest BCUT2D eigenvalue weighted by atomic mass is 32.2. The molecule has 0 spiro atoms. The molecule has 10 nitrogen and oxygen atoms in total. The van der Waals surface area contributed by atoms with E-state index in [1.807, 2.05) is 6.92 Å². The fourth-order valence-corrected chi connectivity index (χ4v) is 6.02. The van der Waals surface area contributed by atoms with Crippen molar-refractivity contribution in [2.45, 2.75) is 88.6 Å². The number of carbonyl (C=O) groups is 2. The van der Waals surface area contributed by atoms with Crippen molar-refractivity contribution >= 4 is 27.5 Å². The molecule has 0 radical (unpaired) electrons. The number of hydrogen-bond donors (Lipinski definition) is 2. The zero-order chi connectivity index (χ0) is 25.7. The van der Waals surface area contributed by atoms with Crippen LogP contribution < -0.4 is 10.0 Å². The van der Waals surface area contributed by atoms with Gasteiger partial charge in [0.1, 0.15) is 11.9 Å². The number of nitrogens with one attached hydrogen (secondary N) is 2. The lowest BCUT2D eigenvalue weighted by Crippen LogP contribution is -2.45. The molecule has 1 aromatic carbocycles. The van der Waals surface area contributed by atoms with Crippen molar-refractivity contribution in [3.05, 3.63) is 41.5 Å². The zero-order valence-corrected chi connectivity index (χ0v) is 21.5. The van der Waals surface area contributed by atoms with E-state index in [9.17, 15) is 18.0 Å². The SMILES string of the molecule is CCc1nc(C(=O)[C@H](CC)NC(=O)[C@H](CCC2CCCCC2)N=C2NS(=O)(=O)c3ccccc32)no1. The minimum absolute atomic E-state index is 0.0680. The van der Waals surface area contributed by atoms with Crippen LogP contribution in [0.3, 0.4) is 0 Å². The molecule has 0 unspecified atom stereocenters. The number of benzene rings is 1. The molecule has 1 fully saturated rings. The molecule has 1 aromatic heterocycles. The summed E-state index contributed by atoms with van der Waals surface area (Å²) < 4.78 is 32.6. The Morgan fingerprint density at radius 3 is 2.64 bits per heavy atom. The second-order valence-corrected chi connectivity index (χ2v) is 11.0. The highest BCUT2D eigenvalue weighted by Gasteiger charge is 2.33. The van der Waals surface area contributed by atoms with Gasteiger partial charge in [-0.15, -0.1) is 0 Å². The highest BCUT2D eigenvalue weighted by molar-refractivity contribution is 7.90. The smallest absolute Gasteiger partial charge is 0.263 e. The van der Waals surface area contributed by atoms with Gasteiger partial charge in [0.05, 0.1) is 10.9 Å². The second-order valence-electron chi connectivity index (χ2n) is 9.38. The molecule has 1 saturated carbocycles. The van der Waals surface area contributed by atoms with Crippen LogP contribution in [0.2, 0.25) is 0 Å². The summed E-state index contributed by atoms with van der Waals surface area (Å²) in [7, 11) is -3.73. The van der Waals surface area contributed by atoms with E-state index in [2.05, 4.69) is 25.2 Å². The molecule has 1 aliphatic heterocycles. The molecule has 2 aliphatic rings. The number of aromatic nitrogens is 2. The average Bonchev–Trinajstić information content (AvgIpc) is 3.47. The van der Waals surface area contributed by atoms with Crippen molar-refractivity contribution in [3.63, 3.8) is 0 Å². The van der Waals surface area contributed by atoms with E-state index in [0.717, 1.165) is 19.3 Å². The molecule has 2 N–H and O–H groups in total. The van der Waals surface area contributed by atoms with Crippen molar-refractivity contribution in [2.75, 3.05) is 0 Å². The minimum Gasteiger partial charge on any atom is -0.344 e. The number of fused-ring (bicyclic) bond motifs is 1. The number of amides is 1. The van der Waals surface area contributed by atoms with Crippen LogP contribution in [0.15, 0.2) is 38.7 Å². The number of nitrogens with zero attached hydrogens (tertiary/aromatic N) is 3. The fourth-order valence-electron chi connectivity index (χ4n) is 4.78. The maximum absolute atomic E-state index is 13.4. The van der Waals surface area contributed by atoms with Crippen molar-refractivity contribution in [3.8, 4) is 0 Å². The third-order valence-electron chi connectivity index (χ3n) is 6.86. The lowest BCUT2D eigenvalue weighted by molar-refractivity contribution is -0.123. The molecule has 2 atom stereocenters. The van der Waals surface area contributed by atoms with Gasteiger partial charge in [0, 0.05) is 12.0 Å². The number of aryl methyl sites for hydroxylation is 1. The first-order valence-electron chi connectivity index (χ1n) is 12.7. The van der Waals surface area contributed by atoms with Crippen LogP contribution >= 0.6 is 0 Å². The molecule has 0 saturated heterocycles. The largest absolute Gasteiger partial charge is 0.344 e. The van der Waals surface area contributed by atoms with Crippen LogP contribution in [-0.2, 0) is 21.2 Å². The first-order valence-corrected chi connectivity index (χ1v) is 14.2. The Morgan fingerprint density at radius 1 is 1.19 bits per heavy atom. The third-order valence-corrected chi connectivity index (χ3v) is 8.25. The van der Waals surface area contributed by atoms with Crippen molar-refractivity contribution in [1.29, 1.82) is 0 Å². The van der Waals surface area contributed by atoms with E-state index in [4.69, 9.17) is 4.52 Å². The molecule has 2 aromatic rings. The summed E-state index contributed by atoms with van der Waals surface area (Å²) in [5.41, 5.74) is 0.440. The summed E-state index contributed by atoms with van der Waals surface area (Å²) in [4.78, 5) is 35.2. The summed E-state index contributed by atoms with van der Waals surface area (Å²) in [5, 5.41) is 6.54. The maximum Gasteiger partial charge on any atom is 0.263 e. The number of sulfonamides is 1. The van der Waals surface area contributed by atoms with E-state index in [-0.39, 0.29) is 16.6 Å². The Morgan fingerprint density at radius 2 is 1.94 bits per heavy atom. The molecule has 2 heterocycles. The first-order chi connectivity index (χ1) is 17.3. The first kappa shape index (κ1) is 26.0. The number of carbonyl (C=O) groups excluding carboxylic acids is 2. The van der Waals surface area contributed by atoms with Crippen LogP contribution in [-0.4, -0.2) is 48.2 Å². The number of hydrogen-bond acceptors (Lipinski definition) is 8. The van der Waals surface area contributed by atoms with E-state index in [1.165, 1.54) is 25.3 Å². The van der Waals surface area contributed by atoms with Gasteiger partial charge < -0.3 is 9.84 Å². The van der Waals surface area contributed by atoms with Gasteiger partial charge in [0.2, 0.25) is 23.4 Å². The van der Waals surface area contributed by atoms with Gasteiger partial charge in [-0.05, 0) is 37.3 Å². The van der Waals surface area contributed by atoms with E-state index in [1.54, 1.807) is 25.1 Å². The van der Waals surface area contributed by atoms with Gasteiger partial charge in [0.15, 0.2) is 0 Å². The molecule has 1 amide bonds. The standard InChI is InChI=1S/C25H33N5O5S/c1-3-18(22(31)24-28-21(4-2)35-29-24)27-25(32)19(15-14-16-10-6-5-7-11-16)26-23-17-12-8-9-13-20(17)36(33,34)30-23/h8-9,12-13,16,18-19H,3-7,10-11,14-15H2,1-2H3,(H,26,30)(H,27,32)/t18-,19-/m0/s1. The molecule has 36 heavy (non-hydrogen) atoms. The van der Waals surface area contributed by atoms with Crippen molar-refractivity contribution in [1.82, 2.24) is 20.2 Å². The van der Waals surface area contributed by atoms with Gasteiger partial charge in [-0.25, -0.2) is 8.42 Å². The molecule has 4 rings (SSSR count). The number of aliphatic imine (C=N–C) groups is 1. The monoisotopic (exact) mass is 515 g/mol. The normalized spacial score (nSPS) is 19.9. The summed E-state index contributed by atoms with van der Waals surface area (Å²) in [6.07, 6.45) is 7.93. The van der Waals surface area contributed by atoms with Crippen LogP contribution in [0.25, 0.3) is 0 Å². The lowest BCUT2D eigenvalue weighted by atomic mass is 9.85.